The van der Waals surface area contributed by atoms with Crippen molar-refractivity contribution in [2.75, 3.05) is 32.1 Å². The first-order chi connectivity index (χ1) is 8.52. The number of aliphatic hydroxyl groups is 1. The van der Waals surface area contributed by atoms with E-state index < -0.39 is 5.60 Å². The van der Waals surface area contributed by atoms with Gasteiger partial charge in [-0.3, -0.25) is 0 Å². The number of hydrogen-bond donors (Lipinski definition) is 2. The van der Waals surface area contributed by atoms with E-state index in [4.69, 9.17) is 11.6 Å². The maximum atomic E-state index is 11.1. The van der Waals surface area contributed by atoms with E-state index in [0.29, 0.717) is 10.9 Å². The zero-order valence-corrected chi connectivity index (χ0v) is 12.5. The van der Waals surface area contributed by atoms with Gasteiger partial charge in [-0.25, -0.2) is 0 Å². The van der Waals surface area contributed by atoms with E-state index in [1.165, 1.54) is 4.90 Å². The quantitative estimate of drug-likeness (QED) is 0.879. The highest BCUT2D eigenvalue weighted by Gasteiger charge is 2.42. The molecule has 1 aliphatic heterocycles. The van der Waals surface area contributed by atoms with Crippen molar-refractivity contribution in [1.29, 1.82) is 0 Å². The summed E-state index contributed by atoms with van der Waals surface area (Å²) in [5.74, 6) is 2.33. The molecule has 0 amide bonds. The summed E-state index contributed by atoms with van der Waals surface area (Å²) in [6.07, 6.45) is 0.815. The van der Waals surface area contributed by atoms with Gasteiger partial charge in [-0.1, -0.05) is 23.7 Å². The number of benzene rings is 1. The molecule has 2 rings (SSSR count). The first-order valence-corrected chi connectivity index (χ1v) is 7.91. The molecule has 2 nitrogen and oxygen atoms in total. The molecule has 100 valence electrons. The Balaban J connectivity index is 2.29. The van der Waals surface area contributed by atoms with Gasteiger partial charge in [0.2, 0.25) is 0 Å². The number of halogens is 1. The van der Waals surface area contributed by atoms with E-state index in [9.17, 15) is 5.11 Å². The number of hydrogen-bond acceptors (Lipinski definition) is 2. The van der Waals surface area contributed by atoms with Crippen LogP contribution in [0.2, 0.25) is 5.02 Å². The van der Waals surface area contributed by atoms with Crippen molar-refractivity contribution in [3.05, 3.63) is 34.9 Å². The minimum absolute atomic E-state index is 0.291. The summed E-state index contributed by atoms with van der Waals surface area (Å²) in [5, 5.41) is 11.8. The van der Waals surface area contributed by atoms with E-state index in [0.717, 1.165) is 30.0 Å². The number of nitrogens with one attached hydrogen (secondary N) is 1. The van der Waals surface area contributed by atoms with Crippen molar-refractivity contribution in [3.8, 4) is 0 Å². The molecular formula is C14H21ClNOS+. The standard InChI is InChI=1S/C14H20ClNOS/c1-16(2)9-12-10-18-7-6-14(12,17)11-4-3-5-13(15)8-11/h3-5,8,12,17H,6-7,9-10H2,1-2H3/p+1/t12-,14-/m1/s1. The normalized spacial score (nSPS) is 28.6. The molecule has 1 fully saturated rings. The molecule has 0 unspecified atom stereocenters. The van der Waals surface area contributed by atoms with Gasteiger partial charge in [-0.15, -0.1) is 0 Å². The van der Waals surface area contributed by atoms with E-state index in [-0.39, 0.29) is 0 Å². The van der Waals surface area contributed by atoms with E-state index in [1.807, 2.05) is 36.0 Å². The molecule has 4 heteroatoms. The molecule has 1 saturated heterocycles. The molecule has 0 aromatic heterocycles. The number of rotatable bonds is 3. The Labute approximate surface area is 118 Å². The van der Waals surface area contributed by atoms with E-state index >= 15 is 0 Å². The molecular weight excluding hydrogens is 266 g/mol. The molecule has 1 aromatic rings. The first-order valence-electron chi connectivity index (χ1n) is 6.37. The van der Waals surface area contributed by atoms with Crippen molar-refractivity contribution in [2.24, 2.45) is 5.92 Å². The fourth-order valence-corrected chi connectivity index (χ4v) is 4.14. The molecule has 18 heavy (non-hydrogen) atoms. The molecule has 1 heterocycles. The lowest BCUT2D eigenvalue weighted by Gasteiger charge is -2.40. The van der Waals surface area contributed by atoms with Crippen molar-refractivity contribution in [2.45, 2.75) is 12.0 Å². The highest BCUT2D eigenvalue weighted by molar-refractivity contribution is 7.99. The van der Waals surface area contributed by atoms with Gasteiger partial charge in [0, 0.05) is 10.8 Å². The lowest BCUT2D eigenvalue weighted by atomic mass is 9.79. The van der Waals surface area contributed by atoms with Gasteiger partial charge in [0.15, 0.2) is 0 Å². The second-order valence-corrected chi connectivity index (χ2v) is 6.95. The van der Waals surface area contributed by atoms with Crippen molar-refractivity contribution >= 4 is 23.4 Å². The third kappa shape index (κ3) is 3.02. The van der Waals surface area contributed by atoms with Gasteiger partial charge in [-0.2, -0.15) is 11.8 Å². The van der Waals surface area contributed by atoms with Gasteiger partial charge in [0.05, 0.1) is 32.2 Å². The van der Waals surface area contributed by atoms with Crippen molar-refractivity contribution in [3.63, 3.8) is 0 Å². The predicted octanol–water partition coefficient (Wildman–Crippen LogP) is 1.43. The minimum atomic E-state index is -0.715. The van der Waals surface area contributed by atoms with Crippen LogP contribution < -0.4 is 4.90 Å². The van der Waals surface area contributed by atoms with Crippen molar-refractivity contribution < 1.29 is 10.0 Å². The average molecular weight is 287 g/mol. The van der Waals surface area contributed by atoms with Gasteiger partial charge >= 0.3 is 0 Å². The molecule has 1 aliphatic rings. The van der Waals surface area contributed by atoms with Crippen LogP contribution in [0.4, 0.5) is 0 Å². The molecule has 0 saturated carbocycles. The number of thioether (sulfide) groups is 1. The van der Waals surface area contributed by atoms with Gasteiger partial charge < -0.3 is 10.0 Å². The van der Waals surface area contributed by atoms with Gasteiger partial charge in [0.1, 0.15) is 0 Å². The van der Waals surface area contributed by atoms with Crippen LogP contribution in [0.25, 0.3) is 0 Å². The van der Waals surface area contributed by atoms with Gasteiger partial charge in [-0.05, 0) is 29.9 Å². The van der Waals surface area contributed by atoms with Crippen molar-refractivity contribution in [1.82, 2.24) is 0 Å². The summed E-state index contributed by atoms with van der Waals surface area (Å²) in [6, 6.07) is 7.70. The molecule has 0 bridgehead atoms. The summed E-state index contributed by atoms with van der Waals surface area (Å²) in [4.78, 5) is 1.38. The largest absolute Gasteiger partial charge is 0.385 e. The summed E-state index contributed by atoms with van der Waals surface area (Å²) < 4.78 is 0. The Bertz CT molecular complexity index is 413. The van der Waals surface area contributed by atoms with Crippen LogP contribution in [-0.2, 0) is 5.60 Å². The molecule has 2 atom stereocenters. The molecule has 0 spiro atoms. The molecule has 2 N–H and O–H groups in total. The fourth-order valence-electron chi connectivity index (χ4n) is 2.65. The van der Waals surface area contributed by atoms with Crippen LogP contribution >= 0.6 is 23.4 Å². The summed E-state index contributed by atoms with van der Waals surface area (Å²) >= 11 is 8.00. The third-order valence-corrected chi connectivity index (χ3v) is 4.97. The van der Waals surface area contributed by atoms with Gasteiger partial charge in [0.25, 0.3) is 0 Å². The summed E-state index contributed by atoms with van der Waals surface area (Å²) in [5.41, 5.74) is 0.259. The Morgan fingerprint density at radius 1 is 1.50 bits per heavy atom. The smallest absolute Gasteiger partial charge is 0.0994 e. The Kier molecular flexibility index (Phi) is 4.59. The fraction of sp³-hybridized carbons (Fsp3) is 0.571. The highest BCUT2D eigenvalue weighted by atomic mass is 35.5. The van der Waals surface area contributed by atoms with E-state index in [2.05, 4.69) is 14.1 Å². The summed E-state index contributed by atoms with van der Waals surface area (Å²) in [7, 11) is 4.27. The Hall–Kier alpha value is -0.220. The average Bonchev–Trinajstić information content (AvgIpc) is 2.32. The second kappa shape index (κ2) is 5.83. The zero-order chi connectivity index (χ0) is 13.2. The Morgan fingerprint density at radius 3 is 2.94 bits per heavy atom. The topological polar surface area (TPSA) is 24.7 Å². The minimum Gasteiger partial charge on any atom is -0.385 e. The van der Waals surface area contributed by atoms with Crippen LogP contribution in [0.1, 0.15) is 12.0 Å². The third-order valence-electron chi connectivity index (χ3n) is 3.60. The highest BCUT2D eigenvalue weighted by Crippen LogP contribution is 2.40. The molecule has 1 aromatic carbocycles. The maximum Gasteiger partial charge on any atom is 0.0994 e. The maximum absolute atomic E-state index is 11.1. The van der Waals surface area contributed by atoms with E-state index in [1.54, 1.807) is 0 Å². The Morgan fingerprint density at radius 2 is 2.28 bits per heavy atom. The van der Waals surface area contributed by atoms with Crippen LogP contribution in [0.15, 0.2) is 24.3 Å². The second-order valence-electron chi connectivity index (χ2n) is 5.37. The lowest BCUT2D eigenvalue weighted by molar-refractivity contribution is -0.863. The zero-order valence-electron chi connectivity index (χ0n) is 10.9. The first kappa shape index (κ1) is 14.2. The molecule has 0 aliphatic carbocycles. The van der Waals surface area contributed by atoms with Crippen LogP contribution in [0.5, 0.6) is 0 Å². The van der Waals surface area contributed by atoms with Crippen LogP contribution in [0.3, 0.4) is 0 Å². The predicted molar refractivity (Wildman–Crippen MR) is 78.5 cm³/mol. The van der Waals surface area contributed by atoms with Crippen LogP contribution in [-0.4, -0.2) is 37.3 Å². The monoisotopic (exact) mass is 286 g/mol. The molecule has 0 radical (unpaired) electrons. The number of quaternary nitrogens is 1. The summed E-state index contributed by atoms with van der Waals surface area (Å²) in [6.45, 7) is 0.982. The SMILES string of the molecule is C[NH+](C)C[C@@H]1CSCC[C@@]1(O)c1cccc(Cl)c1. The lowest BCUT2D eigenvalue weighted by Crippen LogP contribution is -3.07. The van der Waals surface area contributed by atoms with Crippen LogP contribution in [0, 0.1) is 5.92 Å².